The maximum Gasteiger partial charge on any atom is 2.00 e. The van der Waals surface area contributed by atoms with Crippen molar-refractivity contribution in [1.82, 2.24) is 0 Å². The van der Waals surface area contributed by atoms with Gasteiger partial charge in [0, 0.05) is 0 Å². The number of carbonyl (C=O) groups is 4. The molecule has 0 amide bonds. The summed E-state index contributed by atoms with van der Waals surface area (Å²) in [6.07, 6.45) is 101. The third-order valence-electron chi connectivity index (χ3n) is 22.0. The molecule has 0 fully saturated rings. The number of benzene rings is 2. The first-order chi connectivity index (χ1) is 56.6. The summed E-state index contributed by atoms with van der Waals surface area (Å²) in [7, 11) is -10.0. The van der Waals surface area contributed by atoms with Gasteiger partial charge in [-0.25, -0.2) is 36.0 Å². The van der Waals surface area contributed by atoms with Crippen molar-refractivity contribution in [2.75, 3.05) is 26.4 Å². The first-order valence-electron chi connectivity index (χ1n) is 48.1. The van der Waals surface area contributed by atoms with Gasteiger partial charge in [0.1, 0.15) is 20.2 Å². The number of carbonyl (C=O) groups excluding carboxylic acids is 4. The maximum absolute atomic E-state index is 13.0. The molecular formula is C100H170CaO14S2. The molecular weight excluding hydrogens is 1530 g/mol. The zero-order valence-electron chi connectivity index (χ0n) is 75.2. The predicted octanol–water partition coefficient (Wildman–Crippen LogP) is 30.3. The molecule has 14 nitrogen and oxygen atoms in total. The van der Waals surface area contributed by atoms with Gasteiger partial charge in [-0.05, 0) is 153 Å². The van der Waals surface area contributed by atoms with Crippen molar-refractivity contribution in [3.8, 4) is 0 Å². The Kier molecular flexibility index (Phi) is 81.9. The quantitative estimate of drug-likeness (QED) is 0.0150. The molecule has 0 spiro atoms. The van der Waals surface area contributed by atoms with Crippen LogP contribution in [0.25, 0.3) is 0 Å². The van der Waals surface area contributed by atoms with Crippen LogP contribution in [0.2, 0.25) is 0 Å². The molecule has 0 unspecified atom stereocenters. The molecule has 0 atom stereocenters. The average Bonchev–Trinajstić information content (AvgIpc) is 0.796. The Morgan fingerprint density at radius 2 is 0.393 bits per heavy atom. The van der Waals surface area contributed by atoms with E-state index < -0.39 is 65.0 Å². The number of rotatable bonds is 82. The van der Waals surface area contributed by atoms with Crippen LogP contribution in [0.3, 0.4) is 0 Å². The summed E-state index contributed by atoms with van der Waals surface area (Å²) in [6.45, 7) is 9.51. The molecule has 117 heavy (non-hydrogen) atoms. The van der Waals surface area contributed by atoms with Crippen LogP contribution in [0.5, 0.6) is 0 Å². The zero-order valence-corrected chi connectivity index (χ0v) is 79.1. The van der Waals surface area contributed by atoms with E-state index in [1.165, 1.54) is 358 Å². The molecule has 668 valence electrons. The Labute approximate surface area is 747 Å². The van der Waals surface area contributed by atoms with Crippen LogP contribution in [0.15, 0.2) is 94.8 Å². The van der Waals surface area contributed by atoms with Gasteiger partial charge in [-0.3, -0.25) is 0 Å². The van der Waals surface area contributed by atoms with Crippen LogP contribution in [0.4, 0.5) is 0 Å². The average molecular weight is 1700 g/mol. The molecule has 0 aliphatic rings. The van der Waals surface area contributed by atoms with Gasteiger partial charge in [0.15, 0.2) is 0 Å². The van der Waals surface area contributed by atoms with E-state index in [1.807, 2.05) is 0 Å². The van der Waals surface area contributed by atoms with Crippen LogP contribution >= 0.6 is 0 Å². The van der Waals surface area contributed by atoms with Gasteiger partial charge < -0.3 is 28.1 Å². The molecule has 2 aromatic rings. The summed E-state index contributed by atoms with van der Waals surface area (Å²) in [5.74, 6) is -3.62. The number of hydrogen-bond donors (Lipinski definition) is 0. The van der Waals surface area contributed by atoms with Gasteiger partial charge in [0.05, 0.1) is 58.5 Å². The molecule has 0 aliphatic carbocycles. The number of allylic oxidation sites excluding steroid dienone is 8. The summed E-state index contributed by atoms with van der Waals surface area (Å²) in [5.41, 5.74) is -1.55. The molecule has 0 saturated carbocycles. The number of hydrogen-bond acceptors (Lipinski definition) is 14. The normalized spacial score (nSPS) is 11.8. The molecule has 0 aromatic heterocycles. The molecule has 0 heterocycles. The van der Waals surface area contributed by atoms with Gasteiger partial charge in [-0.15, -0.1) is 0 Å². The molecule has 0 aliphatic heterocycles. The Balaban J connectivity index is 0.00000228. The Hall–Kier alpha value is -3.64. The molecule has 2 rings (SSSR count). The fourth-order valence-electron chi connectivity index (χ4n) is 14.7. The largest absolute Gasteiger partial charge is 2.00 e. The monoisotopic (exact) mass is 1700 g/mol. The molecule has 17 heteroatoms. The second kappa shape index (κ2) is 84.6. The number of esters is 4. The van der Waals surface area contributed by atoms with E-state index in [1.54, 1.807) is 0 Å². The first kappa shape index (κ1) is 113. The Bertz CT molecular complexity index is 2810. The van der Waals surface area contributed by atoms with Crippen molar-refractivity contribution >= 4 is 81.9 Å². The van der Waals surface area contributed by atoms with E-state index in [-0.39, 0.29) is 75.3 Å². The topological polar surface area (TPSA) is 220 Å². The SMILES string of the molecule is CCCCCC/C=C/CCCCCCCCCCCCCOC(=O)c1cccc(S(=O)(=O)[O-])c1C(=O)OCCCCCCCCCCCCC/C=C/CCCCCC.CCCCCC/C=C/CCCCCCCCCCCCCOC(=O)c1cccc(S(=O)(=O)[O-])c1C(=O)OCCCCCCCCCCCCC/C=C/CCCCCC.[Ca+2]. The van der Waals surface area contributed by atoms with Crippen molar-refractivity contribution in [1.29, 1.82) is 0 Å². The molecule has 0 N–H and O–H groups in total. The minimum atomic E-state index is -5.02. The van der Waals surface area contributed by atoms with Crippen LogP contribution in [0, 0.1) is 0 Å². The van der Waals surface area contributed by atoms with Gasteiger partial charge in [-0.2, -0.15) is 0 Å². The minimum Gasteiger partial charge on any atom is -0.744 e. The van der Waals surface area contributed by atoms with Crippen molar-refractivity contribution in [3.05, 3.63) is 107 Å². The molecule has 0 radical (unpaired) electrons. The van der Waals surface area contributed by atoms with Crippen LogP contribution in [0.1, 0.15) is 506 Å². The van der Waals surface area contributed by atoms with E-state index >= 15 is 0 Å². The van der Waals surface area contributed by atoms with Gasteiger partial charge in [-0.1, -0.05) is 397 Å². The summed E-state index contributed by atoms with van der Waals surface area (Å²) in [6, 6.07) is 7.27. The molecule has 0 bridgehead atoms. The second-order valence-corrected chi connectivity index (χ2v) is 35.5. The summed E-state index contributed by atoms with van der Waals surface area (Å²) in [5, 5.41) is 0. The van der Waals surface area contributed by atoms with Crippen LogP contribution < -0.4 is 0 Å². The van der Waals surface area contributed by atoms with Crippen molar-refractivity contribution in [2.45, 2.75) is 474 Å². The van der Waals surface area contributed by atoms with E-state index in [4.69, 9.17) is 18.9 Å². The van der Waals surface area contributed by atoms with Crippen LogP contribution in [-0.2, 0) is 39.2 Å². The molecule has 0 saturated heterocycles. The minimum absolute atomic E-state index is 0. The third kappa shape index (κ3) is 69.5. The fourth-order valence-corrected chi connectivity index (χ4v) is 16.1. The Morgan fingerprint density at radius 1 is 0.239 bits per heavy atom. The predicted molar refractivity (Wildman–Crippen MR) is 489 cm³/mol. The zero-order chi connectivity index (χ0) is 84.4. The number of unbranched alkanes of at least 4 members (excludes halogenated alkanes) is 60. The van der Waals surface area contributed by atoms with Gasteiger partial charge in [0.2, 0.25) is 0 Å². The van der Waals surface area contributed by atoms with E-state index in [2.05, 4.69) is 76.3 Å². The Morgan fingerprint density at radius 3 is 0.564 bits per heavy atom. The molecule has 2 aromatic carbocycles. The van der Waals surface area contributed by atoms with Crippen molar-refractivity contribution in [3.63, 3.8) is 0 Å². The number of ether oxygens (including phenoxy) is 4. The van der Waals surface area contributed by atoms with Crippen molar-refractivity contribution < 1.29 is 64.1 Å². The third-order valence-corrected chi connectivity index (χ3v) is 23.8. The first-order valence-corrected chi connectivity index (χ1v) is 50.9. The van der Waals surface area contributed by atoms with Crippen LogP contribution in [-0.4, -0.2) is 114 Å². The smallest absolute Gasteiger partial charge is 0.744 e. The standard InChI is InChI=1S/2C50H86O7S.Ca/c2*1-3-5-7-9-11-13-15-17-19-21-23-25-27-29-31-33-35-37-39-44-56-49(51)46-42-41-43-47(58(53,54)55)48(46)50(52)57-45-40-38-36-34-32-30-28-26-24-22-20-18-16-14-12-10-8-6-4-2;/h2*13-16,41-43H,3-12,17-40,44-45H2,1-2H3,(H,53,54,55);/q;;+2/p-2/b2*15-13+,16-14+;. The van der Waals surface area contributed by atoms with E-state index in [0.29, 0.717) is 25.7 Å². The fraction of sp³-hybridized carbons (Fsp3) is 0.760. The summed E-state index contributed by atoms with van der Waals surface area (Å²) < 4.78 is 93.7. The maximum atomic E-state index is 13.0. The van der Waals surface area contributed by atoms with Crippen molar-refractivity contribution in [2.24, 2.45) is 0 Å². The summed E-state index contributed by atoms with van der Waals surface area (Å²) in [4.78, 5) is 50.5. The van der Waals surface area contributed by atoms with E-state index in [0.717, 1.165) is 89.2 Å². The van der Waals surface area contributed by atoms with Gasteiger partial charge in [0.25, 0.3) is 0 Å². The van der Waals surface area contributed by atoms with E-state index in [9.17, 15) is 45.1 Å². The summed E-state index contributed by atoms with van der Waals surface area (Å²) >= 11 is 0. The second-order valence-electron chi connectivity index (χ2n) is 32.8. The van der Waals surface area contributed by atoms with Gasteiger partial charge >= 0.3 is 61.6 Å².